The monoisotopic (exact) mass is 301 g/mol. The van der Waals surface area contributed by atoms with Gasteiger partial charge in [0.05, 0.1) is 5.75 Å². The molecule has 0 saturated carbocycles. The van der Waals surface area contributed by atoms with Crippen LogP contribution >= 0.6 is 11.8 Å². The second-order valence-corrected chi connectivity index (χ2v) is 6.35. The lowest BCUT2D eigenvalue weighted by Crippen LogP contribution is -2.06. The minimum atomic E-state index is 0.410. The molecule has 0 amide bonds. The van der Waals surface area contributed by atoms with E-state index in [4.69, 9.17) is 0 Å². The molecule has 0 aliphatic carbocycles. The highest BCUT2D eigenvalue weighted by atomic mass is 32.2. The van der Waals surface area contributed by atoms with E-state index >= 15 is 0 Å². The summed E-state index contributed by atoms with van der Waals surface area (Å²) in [6, 6.07) is 10.5. The van der Waals surface area contributed by atoms with E-state index in [9.17, 15) is 0 Å². The lowest BCUT2D eigenvalue weighted by Gasteiger charge is -2.11. The molecule has 0 aliphatic heterocycles. The summed E-state index contributed by atoms with van der Waals surface area (Å²) in [5.74, 6) is 3.03. The van der Waals surface area contributed by atoms with Crippen molar-refractivity contribution in [2.45, 2.75) is 44.3 Å². The first-order valence-corrected chi connectivity index (χ1v) is 8.39. The number of benzene rings is 1. The molecule has 0 bridgehead atoms. The van der Waals surface area contributed by atoms with Gasteiger partial charge in [0, 0.05) is 23.2 Å². The summed E-state index contributed by atoms with van der Waals surface area (Å²) in [5.41, 5.74) is 2.40. The molecule has 0 spiro atoms. The van der Waals surface area contributed by atoms with Crippen LogP contribution in [0, 0.1) is 6.92 Å². The summed E-state index contributed by atoms with van der Waals surface area (Å²) in [5, 5.41) is 3.29. The van der Waals surface area contributed by atoms with E-state index in [-0.39, 0.29) is 0 Å². The van der Waals surface area contributed by atoms with E-state index in [1.165, 1.54) is 10.5 Å². The Morgan fingerprint density at radius 2 is 1.95 bits per heavy atom. The van der Waals surface area contributed by atoms with Crippen LogP contribution in [0.4, 0.5) is 5.82 Å². The minimum Gasteiger partial charge on any atom is -0.370 e. The van der Waals surface area contributed by atoms with Gasteiger partial charge in [-0.15, -0.1) is 11.8 Å². The minimum absolute atomic E-state index is 0.410. The van der Waals surface area contributed by atoms with Crippen molar-refractivity contribution in [1.29, 1.82) is 0 Å². The Hall–Kier alpha value is -1.55. The maximum absolute atomic E-state index is 4.69. The average Bonchev–Trinajstić information content (AvgIpc) is 2.46. The second kappa shape index (κ2) is 7.46. The van der Waals surface area contributed by atoms with Crippen LogP contribution in [0.3, 0.4) is 0 Å². The van der Waals surface area contributed by atoms with Crippen LogP contribution in [0.1, 0.15) is 43.8 Å². The Labute approximate surface area is 131 Å². The molecule has 0 radical (unpaired) electrons. The van der Waals surface area contributed by atoms with E-state index in [1.54, 1.807) is 11.8 Å². The summed E-state index contributed by atoms with van der Waals surface area (Å²) >= 11 is 1.79. The third kappa shape index (κ3) is 4.46. The Morgan fingerprint density at radius 1 is 1.19 bits per heavy atom. The molecule has 1 N–H and O–H groups in total. The van der Waals surface area contributed by atoms with E-state index < -0.39 is 0 Å². The van der Waals surface area contributed by atoms with E-state index in [0.717, 1.165) is 29.6 Å². The Morgan fingerprint density at radius 3 is 2.62 bits per heavy atom. The Kier molecular flexibility index (Phi) is 5.62. The molecule has 2 rings (SSSR count). The lowest BCUT2D eigenvalue weighted by molar-refractivity contribution is 0.799. The Balaban J connectivity index is 2.17. The van der Waals surface area contributed by atoms with E-state index in [0.29, 0.717) is 5.92 Å². The molecule has 2 aromatic rings. The molecular formula is C17H23N3S. The summed E-state index contributed by atoms with van der Waals surface area (Å²) in [4.78, 5) is 10.6. The van der Waals surface area contributed by atoms with Gasteiger partial charge < -0.3 is 5.32 Å². The molecule has 1 aromatic carbocycles. The van der Waals surface area contributed by atoms with Crippen molar-refractivity contribution in [1.82, 2.24) is 9.97 Å². The SMILES string of the molecule is CCNc1cc(C(C)C)nc(CSc2ccccc2C)n1. The number of rotatable bonds is 6. The molecular weight excluding hydrogens is 278 g/mol. The Bertz CT molecular complexity index is 596. The summed E-state index contributed by atoms with van der Waals surface area (Å²) < 4.78 is 0. The average molecular weight is 301 g/mol. The lowest BCUT2D eigenvalue weighted by atomic mass is 10.1. The van der Waals surface area contributed by atoms with Crippen molar-refractivity contribution in [3.8, 4) is 0 Å². The molecule has 21 heavy (non-hydrogen) atoms. The molecule has 1 aromatic heterocycles. The van der Waals surface area contributed by atoms with Gasteiger partial charge in [-0.2, -0.15) is 0 Å². The maximum Gasteiger partial charge on any atom is 0.141 e. The van der Waals surface area contributed by atoms with Gasteiger partial charge in [-0.3, -0.25) is 0 Å². The van der Waals surface area contributed by atoms with Crippen LogP contribution in [0.2, 0.25) is 0 Å². The number of aryl methyl sites for hydroxylation is 1. The van der Waals surface area contributed by atoms with Gasteiger partial charge in [0.25, 0.3) is 0 Å². The number of aromatic nitrogens is 2. The molecule has 0 aliphatic rings. The van der Waals surface area contributed by atoms with Crippen molar-refractivity contribution < 1.29 is 0 Å². The number of hydrogen-bond acceptors (Lipinski definition) is 4. The van der Waals surface area contributed by atoms with Crippen LogP contribution in [0.5, 0.6) is 0 Å². The first kappa shape index (κ1) is 15.8. The number of nitrogens with zero attached hydrogens (tertiary/aromatic N) is 2. The predicted octanol–water partition coefficient (Wildman–Crippen LogP) is 4.63. The first-order valence-electron chi connectivity index (χ1n) is 7.40. The van der Waals surface area contributed by atoms with Crippen LogP contribution in [-0.2, 0) is 5.75 Å². The van der Waals surface area contributed by atoms with E-state index in [1.807, 2.05) is 0 Å². The highest BCUT2D eigenvalue weighted by Gasteiger charge is 2.08. The van der Waals surface area contributed by atoms with Gasteiger partial charge in [-0.1, -0.05) is 32.0 Å². The summed E-state index contributed by atoms with van der Waals surface area (Å²) in [7, 11) is 0. The molecule has 112 valence electrons. The molecule has 0 unspecified atom stereocenters. The summed E-state index contributed by atoms with van der Waals surface area (Å²) in [6.07, 6.45) is 0. The van der Waals surface area contributed by atoms with Crippen molar-refractivity contribution in [2.75, 3.05) is 11.9 Å². The molecule has 3 nitrogen and oxygen atoms in total. The van der Waals surface area contributed by atoms with Gasteiger partial charge >= 0.3 is 0 Å². The molecule has 4 heteroatoms. The number of anilines is 1. The molecule has 0 atom stereocenters. The molecule has 0 saturated heterocycles. The molecule has 0 fully saturated rings. The summed E-state index contributed by atoms with van der Waals surface area (Å²) in [6.45, 7) is 9.42. The fourth-order valence-corrected chi connectivity index (χ4v) is 2.89. The normalized spacial score (nSPS) is 10.9. The van der Waals surface area contributed by atoms with Gasteiger partial charge in [0.2, 0.25) is 0 Å². The van der Waals surface area contributed by atoms with Crippen molar-refractivity contribution in [3.63, 3.8) is 0 Å². The van der Waals surface area contributed by atoms with Crippen molar-refractivity contribution >= 4 is 17.6 Å². The standard InChI is InChI=1S/C17H23N3S/c1-5-18-16-10-14(12(2)3)19-17(20-16)11-21-15-9-7-6-8-13(15)4/h6-10,12H,5,11H2,1-4H3,(H,18,19,20). The number of thioether (sulfide) groups is 1. The zero-order chi connectivity index (χ0) is 15.2. The van der Waals surface area contributed by atoms with Gasteiger partial charge in [-0.25, -0.2) is 9.97 Å². The van der Waals surface area contributed by atoms with E-state index in [2.05, 4.69) is 73.3 Å². The fraction of sp³-hybridized carbons (Fsp3) is 0.412. The van der Waals surface area contributed by atoms with Crippen LogP contribution < -0.4 is 5.32 Å². The maximum atomic E-state index is 4.69. The van der Waals surface area contributed by atoms with Crippen LogP contribution in [0.25, 0.3) is 0 Å². The van der Waals surface area contributed by atoms with Crippen LogP contribution in [0.15, 0.2) is 35.2 Å². The second-order valence-electron chi connectivity index (χ2n) is 5.33. The quantitative estimate of drug-likeness (QED) is 0.789. The van der Waals surface area contributed by atoms with Gasteiger partial charge in [-0.05, 0) is 31.4 Å². The van der Waals surface area contributed by atoms with Gasteiger partial charge in [0.15, 0.2) is 0 Å². The fourth-order valence-electron chi connectivity index (χ4n) is 2.01. The number of nitrogens with one attached hydrogen (secondary N) is 1. The highest BCUT2D eigenvalue weighted by molar-refractivity contribution is 7.98. The highest BCUT2D eigenvalue weighted by Crippen LogP contribution is 2.25. The van der Waals surface area contributed by atoms with Crippen molar-refractivity contribution in [2.24, 2.45) is 0 Å². The third-order valence-corrected chi connectivity index (χ3v) is 4.36. The number of hydrogen-bond donors (Lipinski definition) is 1. The largest absolute Gasteiger partial charge is 0.370 e. The third-order valence-electron chi connectivity index (χ3n) is 3.19. The zero-order valence-corrected chi connectivity index (χ0v) is 14.0. The first-order chi connectivity index (χ1) is 10.1. The van der Waals surface area contributed by atoms with Gasteiger partial charge in [0.1, 0.15) is 11.6 Å². The zero-order valence-electron chi connectivity index (χ0n) is 13.2. The smallest absolute Gasteiger partial charge is 0.141 e. The topological polar surface area (TPSA) is 37.8 Å². The molecule has 1 heterocycles. The predicted molar refractivity (Wildman–Crippen MR) is 91.0 cm³/mol. The van der Waals surface area contributed by atoms with Crippen molar-refractivity contribution in [3.05, 3.63) is 47.4 Å². The van der Waals surface area contributed by atoms with Crippen LogP contribution in [-0.4, -0.2) is 16.5 Å².